The van der Waals surface area contributed by atoms with Gasteiger partial charge in [0.1, 0.15) is 17.2 Å². The van der Waals surface area contributed by atoms with Gasteiger partial charge in [-0.05, 0) is 59.0 Å². The zero-order valence-electron chi connectivity index (χ0n) is 20.4. The fourth-order valence-corrected chi connectivity index (χ4v) is 4.16. The number of benzene rings is 3. The smallest absolute Gasteiger partial charge is 0.278 e. The van der Waals surface area contributed by atoms with E-state index in [2.05, 4.69) is 31.0 Å². The summed E-state index contributed by atoms with van der Waals surface area (Å²) < 4.78 is 7.41. The average molecular weight is 480 g/mol. The molecule has 0 amide bonds. The molecule has 2 N–H and O–H groups in total. The van der Waals surface area contributed by atoms with Crippen molar-refractivity contribution in [3.05, 3.63) is 118 Å². The first-order valence-electron chi connectivity index (χ1n) is 12.1. The number of phenolic OH excluding ortho intramolecular Hbond substituents is 1. The third kappa shape index (κ3) is 5.18. The van der Waals surface area contributed by atoms with Crippen molar-refractivity contribution < 1.29 is 9.84 Å². The Morgan fingerprint density at radius 1 is 0.917 bits per heavy atom. The summed E-state index contributed by atoms with van der Waals surface area (Å²) in [6.07, 6.45) is 2.83. The van der Waals surface area contributed by atoms with Gasteiger partial charge in [-0.25, -0.2) is 4.98 Å². The lowest BCUT2D eigenvalue weighted by molar-refractivity contribution is 0.271. The molecule has 0 atom stereocenters. The second-order valence-electron chi connectivity index (χ2n) is 9.44. The molecule has 0 unspecified atom stereocenters. The average Bonchev–Trinajstić information content (AvgIpc) is 3.20. The van der Waals surface area contributed by atoms with Gasteiger partial charge in [-0.1, -0.05) is 56.3 Å². The minimum atomic E-state index is -0.131. The molecule has 6 heteroatoms. The van der Waals surface area contributed by atoms with E-state index >= 15 is 0 Å². The van der Waals surface area contributed by atoms with E-state index in [9.17, 15) is 9.90 Å². The van der Waals surface area contributed by atoms with Crippen LogP contribution in [-0.2, 0) is 12.8 Å². The number of fused-ring (bicyclic) bond motifs is 1. The summed E-state index contributed by atoms with van der Waals surface area (Å²) >= 11 is 0. The minimum absolute atomic E-state index is 0.131. The summed E-state index contributed by atoms with van der Waals surface area (Å²) in [5.74, 6) is 2.10. The first-order chi connectivity index (χ1) is 17.5. The van der Waals surface area contributed by atoms with Crippen LogP contribution in [0, 0.1) is 5.92 Å². The molecule has 3 aromatic rings. The molecule has 2 aliphatic heterocycles. The number of ether oxygens (including phenoxy) is 1. The van der Waals surface area contributed by atoms with Crippen molar-refractivity contribution in [3.8, 4) is 28.6 Å². The lowest BCUT2D eigenvalue weighted by Crippen LogP contribution is -2.17. The second-order valence-corrected chi connectivity index (χ2v) is 9.44. The van der Waals surface area contributed by atoms with Crippen LogP contribution >= 0.6 is 0 Å². The summed E-state index contributed by atoms with van der Waals surface area (Å²) in [7, 11) is 0. The molecule has 2 heterocycles. The van der Waals surface area contributed by atoms with Crippen molar-refractivity contribution in [2.75, 3.05) is 6.61 Å². The van der Waals surface area contributed by atoms with E-state index in [1.807, 2.05) is 54.6 Å². The van der Waals surface area contributed by atoms with Crippen molar-refractivity contribution >= 4 is 0 Å². The Bertz CT molecular complexity index is 1470. The highest BCUT2D eigenvalue weighted by molar-refractivity contribution is 5.61. The summed E-state index contributed by atoms with van der Waals surface area (Å²) in [5.41, 5.74) is 4.99. The molecule has 0 spiro atoms. The van der Waals surface area contributed by atoms with Crippen molar-refractivity contribution in [1.29, 1.82) is 0 Å². The minimum Gasteiger partial charge on any atom is -0.508 e. The number of imidazole rings is 1. The van der Waals surface area contributed by atoms with E-state index < -0.39 is 0 Å². The Hall–Kier alpha value is -4.32. The highest BCUT2D eigenvalue weighted by Gasteiger charge is 2.20. The Morgan fingerprint density at radius 3 is 2.31 bits per heavy atom. The van der Waals surface area contributed by atoms with Gasteiger partial charge in [0.2, 0.25) is 0 Å². The van der Waals surface area contributed by atoms with Gasteiger partial charge in [0.05, 0.1) is 18.0 Å². The summed E-state index contributed by atoms with van der Waals surface area (Å²) in [5, 5.41) is 9.70. The van der Waals surface area contributed by atoms with Gasteiger partial charge >= 0.3 is 0 Å². The van der Waals surface area contributed by atoms with Gasteiger partial charge in [0.25, 0.3) is 5.56 Å². The number of nitrogens with one attached hydrogen (secondary N) is 1. The first kappa shape index (κ1) is 23.4. The van der Waals surface area contributed by atoms with Crippen molar-refractivity contribution in [1.82, 2.24) is 14.5 Å². The van der Waals surface area contributed by atoms with Crippen LogP contribution < -0.4 is 10.3 Å². The Labute approximate surface area is 210 Å². The number of nitrogens with zero attached hydrogens (tertiary/aromatic N) is 2. The van der Waals surface area contributed by atoms with Crippen molar-refractivity contribution in [2.24, 2.45) is 5.92 Å². The monoisotopic (exact) mass is 479 g/mol. The standard InChI is InChI=1S/C30H29N3O3/c1-20(2)19-36-25-14-8-22(9-15-25)17-27-30(35)33-18-28(23-10-12-24(34)13-11-23)31-26(29(33)32-27)16-21-6-4-3-5-7-21/h3-15,18,20,31,34H,16-17,19H2,1-2H3. The summed E-state index contributed by atoms with van der Waals surface area (Å²) in [4.78, 5) is 21.7. The Morgan fingerprint density at radius 2 is 1.61 bits per heavy atom. The predicted octanol–water partition coefficient (Wildman–Crippen LogP) is 5.59. The highest BCUT2D eigenvalue weighted by atomic mass is 16.5. The van der Waals surface area contributed by atoms with E-state index in [1.165, 1.54) is 0 Å². The SMILES string of the molecule is CC(C)COc1ccc(Cc2nc3c(Cc4ccccc4)[nH]c(-c4ccc(O)cc4)cn-3c2=O)cc1. The van der Waals surface area contributed by atoms with E-state index in [1.54, 1.807) is 22.9 Å². The Balaban J connectivity index is 1.52. The maximum Gasteiger partial charge on any atom is 0.278 e. The topological polar surface area (TPSA) is 80.1 Å². The zero-order valence-corrected chi connectivity index (χ0v) is 20.4. The van der Waals surface area contributed by atoms with Crippen LogP contribution in [0.1, 0.15) is 36.4 Å². The fraction of sp³-hybridized carbons (Fsp3) is 0.200. The third-order valence-electron chi connectivity index (χ3n) is 6.03. The normalized spacial score (nSPS) is 11.3. The lowest BCUT2D eigenvalue weighted by Gasteiger charge is -2.13. The van der Waals surface area contributed by atoms with E-state index in [4.69, 9.17) is 9.72 Å². The van der Waals surface area contributed by atoms with Gasteiger partial charge in [-0.15, -0.1) is 0 Å². The van der Waals surface area contributed by atoms with Crippen LogP contribution in [0.3, 0.4) is 0 Å². The number of hydrogen-bond donors (Lipinski definition) is 2. The third-order valence-corrected chi connectivity index (χ3v) is 6.03. The van der Waals surface area contributed by atoms with Crippen LogP contribution in [0.2, 0.25) is 0 Å². The molecule has 182 valence electrons. The Kier molecular flexibility index (Phi) is 6.58. The molecular weight excluding hydrogens is 450 g/mol. The van der Waals surface area contributed by atoms with Crippen molar-refractivity contribution in [3.63, 3.8) is 0 Å². The molecule has 0 aromatic heterocycles. The molecule has 3 aromatic carbocycles. The van der Waals surface area contributed by atoms with Crippen LogP contribution in [0.15, 0.2) is 89.9 Å². The number of aromatic nitrogens is 3. The lowest BCUT2D eigenvalue weighted by atomic mass is 10.1. The largest absolute Gasteiger partial charge is 0.508 e. The quantitative estimate of drug-likeness (QED) is 0.304. The van der Waals surface area contributed by atoms with Crippen LogP contribution in [0.4, 0.5) is 0 Å². The van der Waals surface area contributed by atoms with Gasteiger partial charge in [-0.2, -0.15) is 0 Å². The van der Waals surface area contributed by atoms with Gasteiger partial charge < -0.3 is 14.8 Å². The second kappa shape index (κ2) is 10.1. The number of H-pyrrole nitrogens is 1. The predicted molar refractivity (Wildman–Crippen MR) is 141 cm³/mol. The molecule has 0 bridgehead atoms. The first-order valence-corrected chi connectivity index (χ1v) is 12.1. The van der Waals surface area contributed by atoms with Gasteiger partial charge in [0, 0.05) is 19.0 Å². The van der Waals surface area contributed by atoms with Crippen LogP contribution in [-0.4, -0.2) is 26.2 Å². The molecule has 0 saturated carbocycles. The summed E-state index contributed by atoms with van der Waals surface area (Å²) in [6, 6.07) is 24.9. The number of phenols is 1. The molecule has 6 nitrogen and oxygen atoms in total. The molecule has 0 saturated heterocycles. The van der Waals surface area contributed by atoms with E-state index in [-0.39, 0.29) is 11.3 Å². The molecule has 0 aliphatic carbocycles. The summed E-state index contributed by atoms with van der Waals surface area (Å²) in [6.45, 7) is 4.90. The number of rotatable bonds is 8. The van der Waals surface area contributed by atoms with Crippen molar-refractivity contribution in [2.45, 2.75) is 26.7 Å². The molecule has 0 radical (unpaired) electrons. The van der Waals surface area contributed by atoms with Gasteiger partial charge in [0.15, 0.2) is 5.82 Å². The highest BCUT2D eigenvalue weighted by Crippen LogP contribution is 2.25. The number of hydrogen-bond acceptors (Lipinski definition) is 4. The molecule has 2 aliphatic rings. The molecule has 5 rings (SSSR count). The molecule has 0 fully saturated rings. The zero-order chi connectivity index (χ0) is 25.1. The maximum absolute atomic E-state index is 13.4. The van der Waals surface area contributed by atoms with Crippen LogP contribution in [0.5, 0.6) is 11.5 Å². The van der Waals surface area contributed by atoms with Gasteiger partial charge in [-0.3, -0.25) is 9.36 Å². The van der Waals surface area contributed by atoms with Crippen LogP contribution in [0.25, 0.3) is 17.1 Å². The maximum atomic E-state index is 13.4. The number of aromatic amines is 1. The number of aromatic hydroxyl groups is 1. The van der Waals surface area contributed by atoms with E-state index in [0.717, 1.165) is 33.8 Å². The fourth-order valence-electron chi connectivity index (χ4n) is 4.16. The molecule has 36 heavy (non-hydrogen) atoms. The molecular formula is C30H29N3O3. The van der Waals surface area contributed by atoms with E-state index in [0.29, 0.717) is 36.9 Å².